The number of hydrogen-bond acceptors (Lipinski definition) is 2. The van der Waals surface area contributed by atoms with E-state index in [0.717, 1.165) is 18.7 Å². The van der Waals surface area contributed by atoms with Crippen molar-refractivity contribution in [1.82, 2.24) is 10.3 Å². The summed E-state index contributed by atoms with van der Waals surface area (Å²) in [4.78, 5) is 4.07. The second-order valence-corrected chi connectivity index (χ2v) is 5.80. The summed E-state index contributed by atoms with van der Waals surface area (Å²) in [5.74, 6) is 0. The van der Waals surface area contributed by atoms with Gasteiger partial charge in [-0.25, -0.2) is 8.78 Å². The fraction of sp³-hybridized carbons (Fsp3) is 0.643. The number of alkyl halides is 2. The Bertz CT molecular complexity index is 355. The van der Waals surface area contributed by atoms with Crippen molar-refractivity contribution in [3.63, 3.8) is 0 Å². The van der Waals surface area contributed by atoms with E-state index in [1.165, 1.54) is 12.3 Å². The van der Waals surface area contributed by atoms with Crippen molar-refractivity contribution < 1.29 is 8.78 Å². The van der Waals surface area contributed by atoms with Crippen LogP contribution in [0.25, 0.3) is 0 Å². The van der Waals surface area contributed by atoms with E-state index < -0.39 is 6.43 Å². The molecular formula is C14H22F2N2. The Kier molecular flexibility index (Phi) is 5.20. The van der Waals surface area contributed by atoms with Gasteiger partial charge < -0.3 is 5.32 Å². The second kappa shape index (κ2) is 6.23. The van der Waals surface area contributed by atoms with Gasteiger partial charge in [-0.2, -0.15) is 0 Å². The monoisotopic (exact) mass is 256 g/mol. The fourth-order valence-electron chi connectivity index (χ4n) is 1.57. The molecule has 0 aliphatic carbocycles. The Hall–Kier alpha value is -1.03. The van der Waals surface area contributed by atoms with Crippen molar-refractivity contribution in [1.29, 1.82) is 0 Å². The lowest BCUT2D eigenvalue weighted by atomic mass is 9.92. The van der Waals surface area contributed by atoms with Gasteiger partial charge in [-0.15, -0.1) is 0 Å². The fourth-order valence-corrected chi connectivity index (χ4v) is 1.57. The second-order valence-electron chi connectivity index (χ2n) is 5.80. The van der Waals surface area contributed by atoms with E-state index in [9.17, 15) is 8.78 Å². The molecule has 0 amide bonds. The van der Waals surface area contributed by atoms with Crippen LogP contribution in [-0.2, 0) is 0 Å². The van der Waals surface area contributed by atoms with Gasteiger partial charge in [-0.05, 0) is 37.4 Å². The van der Waals surface area contributed by atoms with Gasteiger partial charge in [0.15, 0.2) is 0 Å². The lowest BCUT2D eigenvalue weighted by Crippen LogP contribution is -2.24. The van der Waals surface area contributed by atoms with E-state index in [1.807, 2.05) is 6.92 Å². The molecule has 0 bridgehead atoms. The van der Waals surface area contributed by atoms with E-state index in [-0.39, 0.29) is 11.6 Å². The van der Waals surface area contributed by atoms with Crippen LogP contribution in [0.15, 0.2) is 18.3 Å². The Balaban J connectivity index is 2.49. The number of hydrogen-bond donors (Lipinski definition) is 1. The molecule has 0 aliphatic rings. The number of nitrogens with zero attached hydrogens (tertiary/aromatic N) is 1. The molecule has 1 aromatic heterocycles. The lowest BCUT2D eigenvalue weighted by molar-refractivity contribution is 0.151. The first-order chi connectivity index (χ1) is 8.29. The van der Waals surface area contributed by atoms with Crippen LogP contribution >= 0.6 is 0 Å². The molecule has 0 spiro atoms. The lowest BCUT2D eigenvalue weighted by Gasteiger charge is -2.20. The molecule has 2 nitrogen and oxygen atoms in total. The van der Waals surface area contributed by atoms with Crippen LogP contribution in [0.2, 0.25) is 0 Å². The van der Waals surface area contributed by atoms with Gasteiger partial charge in [-0.1, -0.05) is 20.8 Å². The number of aromatic nitrogens is 1. The number of pyridine rings is 1. The molecule has 0 aromatic carbocycles. The minimum Gasteiger partial charge on any atom is -0.309 e. The van der Waals surface area contributed by atoms with Crippen molar-refractivity contribution in [3.05, 3.63) is 29.6 Å². The van der Waals surface area contributed by atoms with Gasteiger partial charge in [0.25, 0.3) is 6.43 Å². The Morgan fingerprint density at radius 3 is 2.39 bits per heavy atom. The summed E-state index contributed by atoms with van der Waals surface area (Å²) in [5.41, 5.74) is 1.06. The molecule has 0 unspecified atom stereocenters. The van der Waals surface area contributed by atoms with Crippen LogP contribution < -0.4 is 5.32 Å². The molecule has 0 fully saturated rings. The number of nitrogens with one attached hydrogen (secondary N) is 1. The van der Waals surface area contributed by atoms with Crippen molar-refractivity contribution in [2.75, 3.05) is 6.54 Å². The highest BCUT2D eigenvalue weighted by Crippen LogP contribution is 2.20. The van der Waals surface area contributed by atoms with Crippen LogP contribution in [0, 0.1) is 5.41 Å². The topological polar surface area (TPSA) is 24.9 Å². The van der Waals surface area contributed by atoms with Crippen molar-refractivity contribution >= 4 is 0 Å². The predicted molar refractivity (Wildman–Crippen MR) is 69.7 cm³/mol. The highest BCUT2D eigenvalue weighted by molar-refractivity contribution is 5.16. The molecule has 0 saturated carbocycles. The highest BCUT2D eigenvalue weighted by Gasteiger charge is 2.13. The third kappa shape index (κ3) is 5.08. The van der Waals surface area contributed by atoms with Crippen LogP contribution in [0.5, 0.6) is 0 Å². The van der Waals surface area contributed by atoms with E-state index in [2.05, 4.69) is 31.1 Å². The summed E-state index contributed by atoms with van der Waals surface area (Å²) in [6.45, 7) is 9.45. The minimum absolute atomic E-state index is 0.0272. The average molecular weight is 256 g/mol. The first kappa shape index (κ1) is 15.0. The number of rotatable bonds is 5. The van der Waals surface area contributed by atoms with Gasteiger partial charge >= 0.3 is 0 Å². The summed E-state index contributed by atoms with van der Waals surface area (Å²) in [6, 6.07) is 3.18. The van der Waals surface area contributed by atoms with Gasteiger partial charge in [0.1, 0.15) is 0 Å². The zero-order valence-electron chi connectivity index (χ0n) is 11.5. The molecule has 1 aromatic rings. The van der Waals surface area contributed by atoms with Crippen molar-refractivity contribution in [2.24, 2.45) is 5.41 Å². The normalized spacial score (nSPS) is 13.9. The third-order valence-corrected chi connectivity index (χ3v) is 2.83. The van der Waals surface area contributed by atoms with Crippen LogP contribution in [0.1, 0.15) is 57.8 Å². The maximum atomic E-state index is 12.4. The zero-order valence-corrected chi connectivity index (χ0v) is 11.5. The predicted octanol–water partition coefficient (Wildman–Crippen LogP) is 4.11. The molecular weight excluding hydrogens is 234 g/mol. The quantitative estimate of drug-likeness (QED) is 0.857. The molecule has 1 N–H and O–H groups in total. The minimum atomic E-state index is -2.45. The van der Waals surface area contributed by atoms with E-state index in [1.54, 1.807) is 6.07 Å². The standard InChI is InChI=1S/C14H22F2N2/c1-10(17-8-7-14(2,3)4)12-6-5-11(9-18-12)13(15)16/h5-6,9-10,13,17H,7-8H2,1-4H3/t10-/m1/s1. The Labute approximate surface area is 108 Å². The van der Waals surface area contributed by atoms with Crippen LogP contribution in [0.3, 0.4) is 0 Å². The maximum absolute atomic E-state index is 12.4. The molecule has 1 heterocycles. The largest absolute Gasteiger partial charge is 0.309 e. The van der Waals surface area contributed by atoms with E-state index in [4.69, 9.17) is 0 Å². The van der Waals surface area contributed by atoms with Crippen LogP contribution in [0.4, 0.5) is 8.78 Å². The molecule has 4 heteroatoms. The summed E-state index contributed by atoms with van der Waals surface area (Å²) in [6.07, 6.45) is -0.135. The van der Waals surface area contributed by atoms with Gasteiger partial charge in [0.2, 0.25) is 0 Å². The Morgan fingerprint density at radius 1 is 1.28 bits per heavy atom. The first-order valence-corrected chi connectivity index (χ1v) is 6.27. The summed E-state index contributed by atoms with van der Waals surface area (Å²) in [7, 11) is 0. The van der Waals surface area contributed by atoms with E-state index >= 15 is 0 Å². The SMILES string of the molecule is C[C@@H](NCCC(C)(C)C)c1ccc(C(F)F)cn1. The summed E-state index contributed by atoms with van der Waals surface area (Å²) >= 11 is 0. The van der Waals surface area contributed by atoms with E-state index in [0.29, 0.717) is 5.41 Å². The van der Waals surface area contributed by atoms with Crippen molar-refractivity contribution in [2.45, 2.75) is 46.6 Å². The molecule has 0 aliphatic heterocycles. The van der Waals surface area contributed by atoms with Crippen molar-refractivity contribution in [3.8, 4) is 0 Å². The Morgan fingerprint density at radius 2 is 1.94 bits per heavy atom. The number of halogens is 2. The van der Waals surface area contributed by atoms with Crippen LogP contribution in [-0.4, -0.2) is 11.5 Å². The van der Waals surface area contributed by atoms with Gasteiger partial charge in [0.05, 0.1) is 5.69 Å². The smallest absolute Gasteiger partial charge is 0.265 e. The highest BCUT2D eigenvalue weighted by atomic mass is 19.3. The average Bonchev–Trinajstić information content (AvgIpc) is 2.27. The summed E-state index contributed by atoms with van der Waals surface area (Å²) in [5, 5.41) is 3.35. The molecule has 0 saturated heterocycles. The molecule has 1 rings (SSSR count). The summed E-state index contributed by atoms with van der Waals surface area (Å²) < 4.78 is 24.8. The molecule has 102 valence electrons. The molecule has 1 atom stereocenters. The third-order valence-electron chi connectivity index (χ3n) is 2.83. The van der Waals surface area contributed by atoms with Gasteiger partial charge in [0, 0.05) is 17.8 Å². The zero-order chi connectivity index (χ0) is 13.8. The maximum Gasteiger partial charge on any atom is 0.265 e. The molecule has 0 radical (unpaired) electrons. The molecule has 18 heavy (non-hydrogen) atoms. The first-order valence-electron chi connectivity index (χ1n) is 6.27. The van der Waals surface area contributed by atoms with Gasteiger partial charge in [-0.3, -0.25) is 4.98 Å².